The van der Waals surface area contributed by atoms with Gasteiger partial charge in [-0.05, 0) is 36.9 Å². The molecule has 0 aromatic carbocycles. The molecule has 166 valence electrons. The summed E-state index contributed by atoms with van der Waals surface area (Å²) in [6.07, 6.45) is 3.83. The van der Waals surface area contributed by atoms with Gasteiger partial charge < -0.3 is 15.4 Å². The van der Waals surface area contributed by atoms with Crippen LogP contribution >= 0.6 is 11.3 Å². The van der Waals surface area contributed by atoms with Gasteiger partial charge in [-0.1, -0.05) is 12.1 Å². The third kappa shape index (κ3) is 5.81. The van der Waals surface area contributed by atoms with Crippen molar-refractivity contribution in [2.24, 2.45) is 4.99 Å². The topological polar surface area (TPSA) is 79.1 Å². The molecule has 3 aromatic rings. The highest BCUT2D eigenvalue weighted by molar-refractivity contribution is 7.10. The molecule has 1 aliphatic rings. The lowest BCUT2D eigenvalue weighted by molar-refractivity contribution is 0.0186. The highest BCUT2D eigenvalue weighted by Gasteiger charge is 2.23. The summed E-state index contributed by atoms with van der Waals surface area (Å²) in [4.78, 5) is 8.76. The number of nitrogens with one attached hydrogen (secondary N) is 2. The second-order valence-electron chi connectivity index (χ2n) is 7.47. The van der Waals surface area contributed by atoms with Gasteiger partial charge in [0.25, 0.3) is 0 Å². The highest BCUT2D eigenvalue weighted by Crippen LogP contribution is 2.26. The fourth-order valence-electron chi connectivity index (χ4n) is 3.79. The molecule has 1 aliphatic heterocycles. The summed E-state index contributed by atoms with van der Waals surface area (Å²) in [6.45, 7) is 7.98. The fraction of sp³-hybridized carbons (Fsp3) is 0.500. The first-order valence-corrected chi connectivity index (χ1v) is 11.9. The number of aryl methyl sites for hydroxylation is 1. The number of aromatic nitrogens is 3. The predicted octanol–water partition coefficient (Wildman–Crippen LogP) is 2.35. The van der Waals surface area contributed by atoms with Crippen molar-refractivity contribution in [3.63, 3.8) is 0 Å². The molecule has 8 nitrogen and oxygen atoms in total. The van der Waals surface area contributed by atoms with E-state index in [-0.39, 0.29) is 0 Å². The first kappa shape index (κ1) is 21.7. The number of thiophene rings is 1. The molecule has 0 radical (unpaired) electrons. The zero-order chi connectivity index (χ0) is 21.3. The van der Waals surface area contributed by atoms with E-state index in [2.05, 4.69) is 50.2 Å². The molecule has 3 aromatic heterocycles. The quantitative estimate of drug-likeness (QED) is 0.302. The molecule has 4 rings (SSSR count). The maximum Gasteiger partial charge on any atom is 0.191 e. The molecule has 31 heavy (non-hydrogen) atoms. The van der Waals surface area contributed by atoms with Crippen LogP contribution in [0.15, 0.2) is 46.9 Å². The van der Waals surface area contributed by atoms with Crippen LogP contribution in [0.4, 0.5) is 0 Å². The van der Waals surface area contributed by atoms with Gasteiger partial charge in [-0.15, -0.1) is 21.5 Å². The Bertz CT molecular complexity index is 950. The lowest BCUT2D eigenvalue weighted by Crippen LogP contribution is -2.41. The number of morpholine rings is 1. The minimum Gasteiger partial charge on any atom is -0.379 e. The summed E-state index contributed by atoms with van der Waals surface area (Å²) in [5, 5.41) is 17.5. The smallest absolute Gasteiger partial charge is 0.191 e. The van der Waals surface area contributed by atoms with Crippen molar-refractivity contribution in [2.45, 2.75) is 25.8 Å². The van der Waals surface area contributed by atoms with Crippen molar-refractivity contribution < 1.29 is 4.74 Å². The Balaban J connectivity index is 1.33. The summed E-state index contributed by atoms with van der Waals surface area (Å²) in [5.41, 5.74) is 0.892. The number of hydrogen-bond acceptors (Lipinski definition) is 6. The van der Waals surface area contributed by atoms with E-state index in [1.54, 1.807) is 11.3 Å². The van der Waals surface area contributed by atoms with Crippen LogP contribution in [0, 0.1) is 0 Å². The van der Waals surface area contributed by atoms with Crippen LogP contribution in [0.2, 0.25) is 0 Å². The van der Waals surface area contributed by atoms with Crippen LogP contribution in [0.25, 0.3) is 5.65 Å². The molecule has 0 amide bonds. The maximum absolute atomic E-state index is 5.54. The lowest BCUT2D eigenvalue weighted by Gasteiger charge is -2.33. The summed E-state index contributed by atoms with van der Waals surface area (Å²) < 4.78 is 7.59. The van der Waals surface area contributed by atoms with Gasteiger partial charge in [-0.2, -0.15) is 0 Å². The normalized spacial score (nSPS) is 16.5. The number of guanidine groups is 1. The van der Waals surface area contributed by atoms with Crippen molar-refractivity contribution >= 4 is 22.9 Å². The molecular weight excluding hydrogens is 410 g/mol. The second-order valence-corrected chi connectivity index (χ2v) is 8.45. The van der Waals surface area contributed by atoms with Gasteiger partial charge in [0, 0.05) is 43.7 Å². The molecule has 0 saturated carbocycles. The summed E-state index contributed by atoms with van der Waals surface area (Å²) >= 11 is 1.80. The molecule has 1 unspecified atom stereocenters. The van der Waals surface area contributed by atoms with Crippen molar-refractivity contribution in [2.75, 3.05) is 45.9 Å². The summed E-state index contributed by atoms with van der Waals surface area (Å²) in [5.74, 6) is 1.85. The number of ether oxygens (including phenoxy) is 1. The molecule has 9 heteroatoms. The third-order valence-electron chi connectivity index (χ3n) is 5.38. The van der Waals surface area contributed by atoms with Crippen LogP contribution < -0.4 is 10.6 Å². The fourth-order valence-corrected chi connectivity index (χ4v) is 4.64. The number of nitrogens with zero attached hydrogens (tertiary/aromatic N) is 5. The van der Waals surface area contributed by atoms with E-state index in [4.69, 9.17) is 9.73 Å². The van der Waals surface area contributed by atoms with Gasteiger partial charge >= 0.3 is 0 Å². The Kier molecular flexibility index (Phi) is 7.87. The van der Waals surface area contributed by atoms with Gasteiger partial charge in [0.15, 0.2) is 11.6 Å². The van der Waals surface area contributed by atoms with Gasteiger partial charge in [0.2, 0.25) is 0 Å². The minimum atomic E-state index is 0.293. The number of aliphatic imine (C=N–C) groups is 1. The summed E-state index contributed by atoms with van der Waals surface area (Å²) in [7, 11) is 0. The Morgan fingerprint density at radius 2 is 2.10 bits per heavy atom. The van der Waals surface area contributed by atoms with Crippen LogP contribution in [-0.2, 0) is 11.2 Å². The maximum atomic E-state index is 5.54. The average molecular weight is 442 g/mol. The zero-order valence-electron chi connectivity index (χ0n) is 18.0. The van der Waals surface area contributed by atoms with E-state index in [1.165, 1.54) is 4.88 Å². The first-order chi connectivity index (χ1) is 15.3. The van der Waals surface area contributed by atoms with E-state index in [9.17, 15) is 0 Å². The number of hydrogen-bond donors (Lipinski definition) is 2. The predicted molar refractivity (Wildman–Crippen MR) is 125 cm³/mol. The lowest BCUT2D eigenvalue weighted by atomic mass is 10.2. The van der Waals surface area contributed by atoms with Gasteiger partial charge in [-0.3, -0.25) is 14.3 Å². The standard InChI is InChI=1S/C22H31N7OS/c1-2-23-22(24-10-5-9-21-27-26-20-8-3-4-11-29(20)21)25-17-18(19-7-6-16-31-19)28-12-14-30-15-13-28/h3-4,6-8,11,16,18H,2,5,9-10,12-15,17H2,1H3,(H2,23,24,25). The van der Waals surface area contributed by atoms with Crippen LogP contribution in [0.1, 0.15) is 30.1 Å². The Morgan fingerprint density at radius 3 is 2.90 bits per heavy atom. The number of pyridine rings is 1. The van der Waals surface area contributed by atoms with Crippen molar-refractivity contribution in [3.8, 4) is 0 Å². The average Bonchev–Trinajstić information content (AvgIpc) is 3.48. The molecule has 1 atom stereocenters. The van der Waals surface area contributed by atoms with E-state index >= 15 is 0 Å². The van der Waals surface area contributed by atoms with Crippen molar-refractivity contribution in [1.29, 1.82) is 0 Å². The largest absolute Gasteiger partial charge is 0.379 e. The highest BCUT2D eigenvalue weighted by atomic mass is 32.1. The number of fused-ring (bicyclic) bond motifs is 1. The molecule has 0 aliphatic carbocycles. The van der Waals surface area contributed by atoms with Crippen LogP contribution in [0.3, 0.4) is 0 Å². The first-order valence-electron chi connectivity index (χ1n) is 11.0. The van der Waals surface area contributed by atoms with E-state index in [1.807, 2.05) is 28.8 Å². The molecule has 1 fully saturated rings. The van der Waals surface area contributed by atoms with Gasteiger partial charge in [0.05, 0.1) is 25.8 Å². The van der Waals surface area contributed by atoms with E-state index in [0.29, 0.717) is 6.04 Å². The molecular formula is C22H31N7OS. The van der Waals surface area contributed by atoms with E-state index in [0.717, 1.165) is 76.2 Å². The van der Waals surface area contributed by atoms with E-state index < -0.39 is 0 Å². The van der Waals surface area contributed by atoms with Crippen molar-refractivity contribution in [1.82, 2.24) is 30.1 Å². The summed E-state index contributed by atoms with van der Waals surface area (Å²) in [6, 6.07) is 10.6. The van der Waals surface area contributed by atoms with Gasteiger partial charge in [0.1, 0.15) is 5.82 Å². The Hall–Kier alpha value is -2.49. The Labute approximate surface area is 187 Å². The Morgan fingerprint density at radius 1 is 1.19 bits per heavy atom. The van der Waals surface area contributed by atoms with Crippen LogP contribution in [0.5, 0.6) is 0 Å². The third-order valence-corrected chi connectivity index (χ3v) is 6.35. The minimum absolute atomic E-state index is 0.293. The molecule has 0 bridgehead atoms. The SMILES string of the molecule is CCNC(=NCC(c1cccs1)N1CCOCC1)NCCCc1nnc2ccccn12. The molecule has 1 saturated heterocycles. The zero-order valence-corrected chi connectivity index (χ0v) is 18.9. The van der Waals surface area contributed by atoms with Gasteiger partial charge in [-0.25, -0.2) is 0 Å². The monoisotopic (exact) mass is 441 g/mol. The number of rotatable bonds is 9. The second kappa shape index (κ2) is 11.2. The molecule has 0 spiro atoms. The van der Waals surface area contributed by atoms with Crippen LogP contribution in [-0.4, -0.2) is 71.4 Å². The van der Waals surface area contributed by atoms with Crippen molar-refractivity contribution in [3.05, 3.63) is 52.6 Å². The molecule has 2 N–H and O–H groups in total. The molecule has 4 heterocycles.